The lowest BCUT2D eigenvalue weighted by molar-refractivity contribution is 0.418. The van der Waals surface area contributed by atoms with Crippen molar-refractivity contribution in [2.75, 3.05) is 20.2 Å². The fourth-order valence-corrected chi connectivity index (χ4v) is 5.37. The Morgan fingerprint density at radius 2 is 1.86 bits per heavy atom. The van der Waals surface area contributed by atoms with Gasteiger partial charge in [0, 0.05) is 24.5 Å². The van der Waals surface area contributed by atoms with Gasteiger partial charge in [-0.2, -0.15) is 5.10 Å². The number of thiazole rings is 1. The number of nitrogens with zero attached hydrogens (tertiary/aromatic N) is 3. The maximum absolute atomic E-state index is 5.73. The second-order valence-electron chi connectivity index (χ2n) is 7.64. The number of hydrogen-bond donors (Lipinski definition) is 1. The summed E-state index contributed by atoms with van der Waals surface area (Å²) in [7, 11) is 3.70. The van der Waals surface area contributed by atoms with E-state index in [2.05, 4.69) is 47.8 Å². The van der Waals surface area contributed by atoms with Crippen molar-refractivity contribution in [2.45, 2.75) is 25.7 Å². The second kappa shape index (κ2) is 7.94. The number of benzene rings is 2. The molecule has 152 valence electrons. The van der Waals surface area contributed by atoms with Gasteiger partial charge in [-0.1, -0.05) is 0 Å². The molecule has 5 nitrogen and oxygen atoms in total. The fourth-order valence-electron chi connectivity index (χ4n) is 4.18. The van der Waals surface area contributed by atoms with E-state index in [1.54, 1.807) is 7.11 Å². The molecule has 0 atom stereocenters. The van der Waals surface area contributed by atoms with Gasteiger partial charge < -0.3 is 10.1 Å². The molecule has 0 saturated carbocycles. The minimum Gasteiger partial charge on any atom is -0.494 e. The zero-order valence-corrected chi connectivity index (χ0v) is 18.5. The minimum atomic E-state index is 0. The van der Waals surface area contributed by atoms with Gasteiger partial charge in [-0.25, -0.2) is 4.98 Å². The third-order valence-corrected chi connectivity index (χ3v) is 6.80. The monoisotopic (exact) mass is 428 g/mol. The Morgan fingerprint density at radius 1 is 1.10 bits per heavy atom. The molecule has 0 unspecified atom stereocenters. The van der Waals surface area contributed by atoms with Crippen LogP contribution in [0.5, 0.6) is 5.75 Å². The van der Waals surface area contributed by atoms with E-state index >= 15 is 0 Å². The van der Waals surface area contributed by atoms with Crippen molar-refractivity contribution in [1.29, 1.82) is 0 Å². The molecular weight excluding hydrogens is 404 g/mol. The van der Waals surface area contributed by atoms with E-state index in [9.17, 15) is 0 Å². The molecule has 0 aliphatic carbocycles. The number of hydrogen-bond acceptors (Lipinski definition) is 5. The largest absolute Gasteiger partial charge is 0.494 e. The van der Waals surface area contributed by atoms with Gasteiger partial charge in [-0.05, 0) is 73.8 Å². The Labute approximate surface area is 180 Å². The molecule has 1 saturated heterocycles. The van der Waals surface area contributed by atoms with Crippen molar-refractivity contribution < 1.29 is 4.74 Å². The summed E-state index contributed by atoms with van der Waals surface area (Å²) in [5.41, 5.74) is 5.59. The molecule has 0 radical (unpaired) electrons. The van der Waals surface area contributed by atoms with Crippen LogP contribution in [0.3, 0.4) is 0 Å². The number of ether oxygens (including phenoxy) is 1. The highest BCUT2D eigenvalue weighted by molar-refractivity contribution is 7.18. The summed E-state index contributed by atoms with van der Waals surface area (Å²) in [6.07, 6.45) is 4.39. The van der Waals surface area contributed by atoms with Crippen LogP contribution in [0, 0.1) is 6.92 Å². The summed E-state index contributed by atoms with van der Waals surface area (Å²) < 4.78 is 8.80. The molecule has 0 bridgehead atoms. The van der Waals surface area contributed by atoms with Gasteiger partial charge in [-0.3, -0.25) is 4.68 Å². The van der Waals surface area contributed by atoms with Crippen molar-refractivity contribution in [3.05, 3.63) is 41.0 Å². The van der Waals surface area contributed by atoms with E-state index in [4.69, 9.17) is 9.72 Å². The molecule has 1 N–H and O–H groups in total. The molecular formula is C22H25ClN4OS. The van der Waals surface area contributed by atoms with Gasteiger partial charge in [0.15, 0.2) is 0 Å². The number of rotatable bonds is 3. The van der Waals surface area contributed by atoms with Crippen LogP contribution < -0.4 is 10.1 Å². The molecule has 0 amide bonds. The Morgan fingerprint density at radius 3 is 2.62 bits per heavy atom. The number of piperidine rings is 1. The first kappa shape index (κ1) is 20.1. The summed E-state index contributed by atoms with van der Waals surface area (Å²) in [4.78, 5) is 4.97. The molecule has 2 aromatic heterocycles. The van der Waals surface area contributed by atoms with Crippen LogP contribution in [0.2, 0.25) is 0 Å². The summed E-state index contributed by atoms with van der Waals surface area (Å²) in [5.74, 6) is 1.41. The topological polar surface area (TPSA) is 52.0 Å². The maximum atomic E-state index is 5.73. The van der Waals surface area contributed by atoms with Crippen molar-refractivity contribution in [3.63, 3.8) is 0 Å². The number of nitrogens with one attached hydrogen (secondary N) is 1. The van der Waals surface area contributed by atoms with Gasteiger partial charge in [0.25, 0.3) is 0 Å². The normalized spacial score (nSPS) is 15.0. The Bertz CT molecular complexity index is 1180. The van der Waals surface area contributed by atoms with Crippen LogP contribution in [0.1, 0.15) is 29.3 Å². The standard InChI is InChI=1S/C22H24N4OS.ClH/c1-13-8-15(9-17-12-26(2)25-20(13)17)16-10-18(27-3)21-19(11-16)28-22(24-21)14-4-6-23-7-5-14;/h8-12,14,23H,4-7H2,1-3H3;1H. The lowest BCUT2D eigenvalue weighted by Gasteiger charge is -2.20. The molecule has 0 spiro atoms. The average Bonchev–Trinajstić information content (AvgIpc) is 3.31. The Balaban J connectivity index is 0.00000205. The van der Waals surface area contributed by atoms with E-state index in [1.807, 2.05) is 23.1 Å². The van der Waals surface area contributed by atoms with E-state index in [1.165, 1.54) is 26.4 Å². The van der Waals surface area contributed by atoms with Crippen LogP contribution in [-0.2, 0) is 7.05 Å². The summed E-state index contributed by atoms with van der Waals surface area (Å²) >= 11 is 1.82. The zero-order valence-electron chi connectivity index (χ0n) is 16.9. The van der Waals surface area contributed by atoms with E-state index < -0.39 is 0 Å². The van der Waals surface area contributed by atoms with Crippen LogP contribution in [0.25, 0.3) is 32.2 Å². The Kier molecular flexibility index (Phi) is 5.51. The van der Waals surface area contributed by atoms with Crippen molar-refractivity contribution in [2.24, 2.45) is 7.05 Å². The lowest BCUT2D eigenvalue weighted by atomic mass is 9.99. The summed E-state index contributed by atoms with van der Waals surface area (Å²) in [6.45, 7) is 4.28. The highest BCUT2D eigenvalue weighted by Gasteiger charge is 2.21. The van der Waals surface area contributed by atoms with Gasteiger partial charge >= 0.3 is 0 Å². The van der Waals surface area contributed by atoms with E-state index in [-0.39, 0.29) is 12.4 Å². The van der Waals surface area contributed by atoms with Crippen molar-refractivity contribution in [3.8, 4) is 16.9 Å². The zero-order chi connectivity index (χ0) is 19.3. The summed E-state index contributed by atoms with van der Waals surface area (Å²) in [6, 6.07) is 8.80. The first-order chi connectivity index (χ1) is 13.6. The first-order valence-corrected chi connectivity index (χ1v) is 10.6. The van der Waals surface area contributed by atoms with Crippen LogP contribution in [0.15, 0.2) is 30.5 Å². The SMILES string of the molecule is COc1cc(-c2cc(C)c3nn(C)cc3c2)cc2sc(C3CCNCC3)nc12.Cl. The number of methoxy groups -OCH3 is 1. The first-order valence-electron chi connectivity index (χ1n) is 9.76. The van der Waals surface area contributed by atoms with Crippen LogP contribution >= 0.6 is 23.7 Å². The van der Waals surface area contributed by atoms with Gasteiger partial charge in [0.1, 0.15) is 11.3 Å². The number of aryl methyl sites for hydroxylation is 2. The van der Waals surface area contributed by atoms with Crippen molar-refractivity contribution in [1.82, 2.24) is 20.1 Å². The Hall–Kier alpha value is -2.15. The maximum Gasteiger partial charge on any atom is 0.146 e. The summed E-state index contributed by atoms with van der Waals surface area (Å²) in [5, 5.41) is 10.4. The predicted molar refractivity (Wildman–Crippen MR) is 123 cm³/mol. The van der Waals surface area contributed by atoms with Crippen LogP contribution in [-0.4, -0.2) is 35.0 Å². The number of fused-ring (bicyclic) bond motifs is 2. The van der Waals surface area contributed by atoms with Crippen molar-refractivity contribution >= 4 is 44.9 Å². The minimum absolute atomic E-state index is 0. The second-order valence-corrected chi connectivity index (χ2v) is 8.70. The number of halogens is 1. The highest BCUT2D eigenvalue weighted by atomic mass is 35.5. The molecule has 4 aromatic rings. The van der Waals surface area contributed by atoms with E-state index in [0.717, 1.165) is 48.1 Å². The molecule has 1 fully saturated rings. The molecule has 5 rings (SSSR count). The molecule has 3 heterocycles. The van der Waals surface area contributed by atoms with Gasteiger partial charge in [-0.15, -0.1) is 23.7 Å². The van der Waals surface area contributed by atoms with Gasteiger partial charge in [0.05, 0.1) is 22.3 Å². The molecule has 1 aliphatic rings. The third-order valence-electron chi connectivity index (χ3n) is 5.63. The third kappa shape index (κ3) is 3.61. The molecule has 1 aliphatic heterocycles. The molecule has 7 heteroatoms. The quantitative estimate of drug-likeness (QED) is 0.495. The van der Waals surface area contributed by atoms with Gasteiger partial charge in [0.2, 0.25) is 0 Å². The molecule has 2 aromatic carbocycles. The van der Waals surface area contributed by atoms with E-state index in [0.29, 0.717) is 5.92 Å². The average molecular weight is 429 g/mol. The van der Waals surface area contributed by atoms with Crippen LogP contribution in [0.4, 0.5) is 0 Å². The predicted octanol–water partition coefficient (Wildman–Crippen LogP) is 5.06. The lowest BCUT2D eigenvalue weighted by Crippen LogP contribution is -2.26. The number of aromatic nitrogens is 3. The molecule has 29 heavy (non-hydrogen) atoms. The smallest absolute Gasteiger partial charge is 0.146 e. The highest BCUT2D eigenvalue weighted by Crippen LogP contribution is 2.39. The fraction of sp³-hybridized carbons (Fsp3) is 0.364.